The van der Waals surface area contributed by atoms with E-state index in [4.69, 9.17) is 5.73 Å². The quantitative estimate of drug-likeness (QED) is 0.793. The molecule has 2 N–H and O–H groups in total. The molecule has 2 aromatic rings. The van der Waals surface area contributed by atoms with Crippen molar-refractivity contribution >= 4 is 5.82 Å². The zero-order chi connectivity index (χ0) is 13.3. The second kappa shape index (κ2) is 4.29. The van der Waals surface area contributed by atoms with E-state index >= 15 is 0 Å². The number of nitrogens with zero attached hydrogens (tertiary/aromatic N) is 1. The molecule has 1 aromatic carbocycles. The molecule has 0 spiro atoms. The summed E-state index contributed by atoms with van der Waals surface area (Å²) in [6, 6.07) is 6.11. The minimum Gasteiger partial charge on any atom is -0.383 e. The van der Waals surface area contributed by atoms with Gasteiger partial charge in [0, 0.05) is 11.8 Å². The molecule has 0 aliphatic carbocycles. The lowest BCUT2D eigenvalue weighted by Crippen LogP contribution is -2.10. The Morgan fingerprint density at radius 3 is 2.39 bits per heavy atom. The van der Waals surface area contributed by atoms with Crippen molar-refractivity contribution in [3.8, 4) is 11.1 Å². The number of anilines is 1. The standard InChI is InChI=1S/C12H8F4N2/c13-9-3-1-2-7(4-9)8-5-10(12(14,15)16)11(17)18-6-8/h1-6H,(H2,17,18). The largest absolute Gasteiger partial charge is 0.419 e. The molecule has 1 heterocycles. The van der Waals surface area contributed by atoms with E-state index in [0.29, 0.717) is 5.56 Å². The number of nitrogen functional groups attached to an aromatic ring is 1. The van der Waals surface area contributed by atoms with E-state index in [9.17, 15) is 17.6 Å². The van der Waals surface area contributed by atoms with E-state index in [-0.39, 0.29) is 5.56 Å². The fraction of sp³-hybridized carbons (Fsp3) is 0.0833. The molecule has 94 valence electrons. The maximum atomic E-state index is 13.0. The topological polar surface area (TPSA) is 38.9 Å². The van der Waals surface area contributed by atoms with Gasteiger partial charge in [-0.3, -0.25) is 0 Å². The van der Waals surface area contributed by atoms with E-state index < -0.39 is 23.4 Å². The average Bonchev–Trinajstić information content (AvgIpc) is 2.28. The van der Waals surface area contributed by atoms with Crippen LogP contribution in [0.5, 0.6) is 0 Å². The van der Waals surface area contributed by atoms with Crippen molar-refractivity contribution in [3.63, 3.8) is 0 Å². The number of hydrogen-bond acceptors (Lipinski definition) is 2. The van der Waals surface area contributed by atoms with Gasteiger partial charge in [0.15, 0.2) is 0 Å². The first kappa shape index (κ1) is 12.3. The first-order valence-corrected chi connectivity index (χ1v) is 4.96. The normalized spacial score (nSPS) is 11.6. The highest BCUT2D eigenvalue weighted by molar-refractivity contribution is 5.65. The maximum Gasteiger partial charge on any atom is 0.419 e. The van der Waals surface area contributed by atoms with Crippen LogP contribution in [0.15, 0.2) is 36.5 Å². The number of rotatable bonds is 1. The average molecular weight is 256 g/mol. The molecular formula is C12H8F4N2. The van der Waals surface area contributed by atoms with Gasteiger partial charge in [-0.15, -0.1) is 0 Å². The number of benzene rings is 1. The summed E-state index contributed by atoms with van der Waals surface area (Å²) in [5.41, 5.74) is 4.63. The number of aromatic nitrogens is 1. The highest BCUT2D eigenvalue weighted by Crippen LogP contribution is 2.35. The monoisotopic (exact) mass is 256 g/mol. The van der Waals surface area contributed by atoms with Gasteiger partial charge in [0.05, 0.1) is 5.56 Å². The first-order valence-electron chi connectivity index (χ1n) is 4.96. The van der Waals surface area contributed by atoms with Crippen LogP contribution < -0.4 is 5.73 Å². The summed E-state index contributed by atoms with van der Waals surface area (Å²) in [4.78, 5) is 3.49. The molecule has 2 nitrogen and oxygen atoms in total. The van der Waals surface area contributed by atoms with Crippen LogP contribution in [0.25, 0.3) is 11.1 Å². The molecule has 18 heavy (non-hydrogen) atoms. The van der Waals surface area contributed by atoms with Gasteiger partial charge in [0.25, 0.3) is 0 Å². The lowest BCUT2D eigenvalue weighted by molar-refractivity contribution is -0.137. The number of nitrogens with two attached hydrogens (primary N) is 1. The Morgan fingerprint density at radius 1 is 1.06 bits per heavy atom. The molecule has 0 aliphatic heterocycles. The molecule has 0 radical (unpaired) electrons. The van der Waals surface area contributed by atoms with Crippen LogP contribution in [0.4, 0.5) is 23.4 Å². The maximum absolute atomic E-state index is 13.0. The van der Waals surface area contributed by atoms with Gasteiger partial charge < -0.3 is 5.73 Å². The second-order valence-electron chi connectivity index (χ2n) is 3.66. The van der Waals surface area contributed by atoms with Gasteiger partial charge >= 0.3 is 6.18 Å². The zero-order valence-corrected chi connectivity index (χ0v) is 9.00. The molecule has 0 amide bonds. The van der Waals surface area contributed by atoms with Gasteiger partial charge in [-0.2, -0.15) is 13.2 Å². The molecular weight excluding hydrogens is 248 g/mol. The number of alkyl halides is 3. The van der Waals surface area contributed by atoms with Crippen molar-refractivity contribution < 1.29 is 17.6 Å². The van der Waals surface area contributed by atoms with E-state index in [1.165, 1.54) is 24.4 Å². The zero-order valence-electron chi connectivity index (χ0n) is 9.00. The van der Waals surface area contributed by atoms with Gasteiger partial charge in [0.1, 0.15) is 11.6 Å². The lowest BCUT2D eigenvalue weighted by atomic mass is 10.1. The Hall–Kier alpha value is -2.11. The molecule has 0 fully saturated rings. The van der Waals surface area contributed by atoms with E-state index in [1.807, 2.05) is 0 Å². The van der Waals surface area contributed by atoms with Crippen molar-refractivity contribution in [2.75, 3.05) is 5.73 Å². The van der Waals surface area contributed by atoms with Crippen molar-refractivity contribution in [2.24, 2.45) is 0 Å². The highest BCUT2D eigenvalue weighted by Gasteiger charge is 2.34. The second-order valence-corrected chi connectivity index (χ2v) is 3.66. The number of pyridine rings is 1. The summed E-state index contributed by atoms with van der Waals surface area (Å²) < 4.78 is 50.9. The van der Waals surface area contributed by atoms with E-state index in [2.05, 4.69) is 4.98 Å². The third kappa shape index (κ3) is 2.42. The lowest BCUT2D eigenvalue weighted by Gasteiger charge is -2.11. The highest BCUT2D eigenvalue weighted by atomic mass is 19.4. The third-order valence-electron chi connectivity index (χ3n) is 2.38. The van der Waals surface area contributed by atoms with Crippen molar-refractivity contribution in [1.82, 2.24) is 4.98 Å². The molecule has 0 saturated heterocycles. The van der Waals surface area contributed by atoms with Crippen LogP contribution in [0.3, 0.4) is 0 Å². The van der Waals surface area contributed by atoms with Gasteiger partial charge in [0.2, 0.25) is 0 Å². The van der Waals surface area contributed by atoms with Crippen LogP contribution in [0, 0.1) is 5.82 Å². The van der Waals surface area contributed by atoms with Crippen molar-refractivity contribution in [2.45, 2.75) is 6.18 Å². The van der Waals surface area contributed by atoms with Crippen molar-refractivity contribution in [1.29, 1.82) is 0 Å². The summed E-state index contributed by atoms with van der Waals surface area (Å²) >= 11 is 0. The fourth-order valence-corrected chi connectivity index (χ4v) is 1.53. The van der Waals surface area contributed by atoms with Crippen LogP contribution in [-0.4, -0.2) is 4.98 Å². The minimum atomic E-state index is -4.58. The van der Waals surface area contributed by atoms with Crippen LogP contribution in [0.1, 0.15) is 5.56 Å². The van der Waals surface area contributed by atoms with Crippen LogP contribution in [-0.2, 0) is 6.18 Å². The van der Waals surface area contributed by atoms with Crippen LogP contribution in [0.2, 0.25) is 0 Å². The molecule has 1 aromatic heterocycles. The molecule has 2 rings (SSSR count). The predicted molar refractivity (Wildman–Crippen MR) is 59.0 cm³/mol. The van der Waals surface area contributed by atoms with Gasteiger partial charge in [-0.25, -0.2) is 9.37 Å². The van der Waals surface area contributed by atoms with E-state index in [0.717, 1.165) is 12.1 Å². The summed E-state index contributed by atoms with van der Waals surface area (Å²) in [6.45, 7) is 0. The first-order chi connectivity index (χ1) is 8.38. The number of hydrogen-bond donors (Lipinski definition) is 1. The SMILES string of the molecule is Nc1ncc(-c2cccc(F)c2)cc1C(F)(F)F. The predicted octanol–water partition coefficient (Wildman–Crippen LogP) is 3.49. The smallest absolute Gasteiger partial charge is 0.383 e. The summed E-state index contributed by atoms with van der Waals surface area (Å²) in [7, 11) is 0. The Kier molecular flexibility index (Phi) is 2.94. The molecule has 0 unspecified atom stereocenters. The Labute approximate surface area is 100 Å². The Balaban J connectivity index is 2.54. The molecule has 0 saturated carbocycles. The van der Waals surface area contributed by atoms with Gasteiger partial charge in [-0.1, -0.05) is 12.1 Å². The Morgan fingerprint density at radius 2 is 1.78 bits per heavy atom. The summed E-state index contributed by atoms with van der Waals surface area (Å²) in [5.74, 6) is -1.12. The molecule has 0 bridgehead atoms. The van der Waals surface area contributed by atoms with Gasteiger partial charge in [-0.05, 0) is 23.8 Å². The molecule has 0 aliphatic rings. The Bertz CT molecular complexity index is 579. The summed E-state index contributed by atoms with van der Waals surface area (Å²) in [5, 5.41) is 0. The van der Waals surface area contributed by atoms with E-state index in [1.54, 1.807) is 0 Å². The number of halogens is 4. The molecule has 6 heteroatoms. The van der Waals surface area contributed by atoms with Crippen LogP contribution >= 0.6 is 0 Å². The van der Waals surface area contributed by atoms with Crippen molar-refractivity contribution in [3.05, 3.63) is 47.9 Å². The third-order valence-corrected chi connectivity index (χ3v) is 2.38. The minimum absolute atomic E-state index is 0.163. The fourth-order valence-electron chi connectivity index (χ4n) is 1.53. The molecule has 0 atom stereocenters. The summed E-state index contributed by atoms with van der Waals surface area (Å²) in [6.07, 6.45) is -3.40.